The van der Waals surface area contributed by atoms with E-state index < -0.39 is 60.5 Å². The maximum absolute atomic E-state index is 12.5. The van der Waals surface area contributed by atoms with Crippen molar-refractivity contribution in [3.8, 4) is 0 Å². The number of aromatic nitrogens is 4. The molecule has 4 saturated heterocycles. The summed E-state index contributed by atoms with van der Waals surface area (Å²) in [6.07, 6.45) is 10.2. The van der Waals surface area contributed by atoms with Gasteiger partial charge in [0.15, 0.2) is 0 Å². The number of sulfone groups is 1. The van der Waals surface area contributed by atoms with Gasteiger partial charge >= 0.3 is 36.3 Å². The molecule has 435 valence electrons. The topological polar surface area (TPSA) is 370 Å². The number of hydrogen-bond acceptors (Lipinski definition) is 25. The normalized spacial score (nSPS) is 16.9. The van der Waals surface area contributed by atoms with Gasteiger partial charge in [-0.1, -0.05) is 48.5 Å². The Bertz CT molecular complexity index is 2780. The molecule has 80 heavy (non-hydrogen) atoms. The molecule has 27 nitrogen and oxygen atoms in total. The van der Waals surface area contributed by atoms with E-state index in [4.69, 9.17) is 41.5 Å². The number of nitrogens with two attached hydrogens (primary N) is 3. The van der Waals surface area contributed by atoms with E-state index >= 15 is 0 Å². The van der Waals surface area contributed by atoms with Gasteiger partial charge in [-0.3, -0.25) is 39.6 Å². The molecule has 0 bridgehead atoms. The SMILES string of the molecule is CCOC(=O)CN(Cc1cccc(CN2CCCC2)c1)c1nc(NCC2CCCO2)nc(N)c1[N+](=O)[O-].CCOC(=O)CN(Cc1cccc(CN2CCCC2)c1)c1nc(S(C)(=O)=O)nc(N)c1[N+](=O)[O-].NCC1CCCO1.[B]=N. The molecule has 4 aromatic rings. The second kappa shape index (κ2) is 32.3. The molecule has 8 N–H and O–H groups in total. The average molecular weight is 1130 g/mol. The molecule has 0 spiro atoms. The summed E-state index contributed by atoms with van der Waals surface area (Å²) >= 11 is 0. The Morgan fingerprint density at radius 2 is 1.16 bits per heavy atom. The number of nitrogens with zero attached hydrogens (tertiary/aromatic N) is 10. The van der Waals surface area contributed by atoms with Crippen LogP contribution in [0.3, 0.4) is 0 Å². The van der Waals surface area contributed by atoms with Crippen LogP contribution in [0.2, 0.25) is 0 Å². The standard InChI is InChI=1S/C25H35N7O5.C21H28N6O6S.C5H11NO.BHN/c1-2-36-21(33)17-31(16-19-8-5-7-18(13-19)15-30-10-3-4-11-30)24-22(32(34)35)23(26)28-25(29-24)27-14-20-9-6-12-37-20;1-3-33-17(28)14-26(13-16-8-6-7-15(11-16)12-25-9-4-5-10-25)20-18(27(29)30)19(22)23-21(24-20)34(2,31)32;6-4-5-2-1-3-7-5;1-2/h5,7-8,13,20H,2-4,6,9-12,14-17H2,1H3,(H3,26,27,28,29);6-8,11H,3-5,9-10,12-14H2,1-2H3,(H2,22,23,24);5H,1-4,6H2;2H. The van der Waals surface area contributed by atoms with Gasteiger partial charge in [-0.05, 0) is 114 Å². The fourth-order valence-corrected chi connectivity index (χ4v) is 9.92. The van der Waals surface area contributed by atoms with Crippen LogP contribution < -0.4 is 32.3 Å². The van der Waals surface area contributed by atoms with Crippen LogP contribution in [0.4, 0.5) is 40.6 Å². The molecule has 4 aliphatic heterocycles. The number of hydrogen-bond donors (Lipinski definition) is 5. The van der Waals surface area contributed by atoms with E-state index in [-0.39, 0.29) is 62.4 Å². The van der Waals surface area contributed by atoms with Crippen LogP contribution in [-0.2, 0) is 64.6 Å². The van der Waals surface area contributed by atoms with Crippen LogP contribution in [0.25, 0.3) is 0 Å². The third-order valence-corrected chi connectivity index (χ3v) is 13.9. The van der Waals surface area contributed by atoms with Gasteiger partial charge in [0.05, 0.1) is 35.3 Å². The zero-order valence-electron chi connectivity index (χ0n) is 45.8. The zero-order chi connectivity index (χ0) is 58.2. The van der Waals surface area contributed by atoms with Gasteiger partial charge in [-0.2, -0.15) is 19.9 Å². The summed E-state index contributed by atoms with van der Waals surface area (Å²) in [5.74, 6) is -2.31. The number of carbonyl (C=O) groups is 2. The summed E-state index contributed by atoms with van der Waals surface area (Å²) in [6, 6.07) is 15.6. The molecule has 0 aliphatic carbocycles. The van der Waals surface area contributed by atoms with Crippen molar-refractivity contribution >= 4 is 70.0 Å². The number of likely N-dealkylation sites (tertiary alicyclic amines) is 2. The molecule has 2 aromatic heterocycles. The molecule has 8 rings (SSSR count). The van der Waals surface area contributed by atoms with Gasteiger partial charge < -0.3 is 51.3 Å². The first-order valence-corrected chi connectivity index (χ1v) is 28.5. The van der Waals surface area contributed by atoms with Crippen molar-refractivity contribution < 1.29 is 46.8 Å². The first-order chi connectivity index (χ1) is 38.4. The van der Waals surface area contributed by atoms with E-state index in [1.807, 2.05) is 36.4 Å². The quantitative estimate of drug-likeness (QED) is 0.0227. The Hall–Kier alpha value is -7.05. The van der Waals surface area contributed by atoms with Crippen LogP contribution in [0.5, 0.6) is 0 Å². The average Bonchev–Trinajstić information content (AvgIpc) is 4.30. The van der Waals surface area contributed by atoms with Crippen molar-refractivity contribution in [1.29, 1.82) is 5.31 Å². The minimum absolute atomic E-state index is 0.0115. The summed E-state index contributed by atoms with van der Waals surface area (Å²) in [7, 11) is -0.179. The Balaban J connectivity index is 0.000000255. The fraction of sp³-hybridized carbons (Fsp3) is 0.569. The Morgan fingerprint density at radius 3 is 1.56 bits per heavy atom. The maximum atomic E-state index is 12.5. The summed E-state index contributed by atoms with van der Waals surface area (Å²) in [5, 5.41) is 31.4. The van der Waals surface area contributed by atoms with Crippen LogP contribution in [0.1, 0.15) is 87.5 Å². The summed E-state index contributed by atoms with van der Waals surface area (Å²) < 4.78 is 45.1. The van der Waals surface area contributed by atoms with Crippen molar-refractivity contribution in [2.24, 2.45) is 5.73 Å². The predicted molar refractivity (Wildman–Crippen MR) is 301 cm³/mol. The molecule has 1 radical (unpaired) electrons. The predicted octanol–water partition coefficient (Wildman–Crippen LogP) is 4.30. The third-order valence-electron chi connectivity index (χ3n) is 13.0. The van der Waals surface area contributed by atoms with Gasteiger partial charge in [0.2, 0.25) is 39.1 Å². The first-order valence-electron chi connectivity index (χ1n) is 26.7. The van der Waals surface area contributed by atoms with E-state index in [9.17, 15) is 38.2 Å². The number of benzene rings is 2. The minimum atomic E-state index is -3.93. The number of nitrogen functional groups attached to an aromatic ring is 2. The third kappa shape index (κ3) is 19.9. The van der Waals surface area contributed by atoms with E-state index in [1.165, 1.54) is 29.1 Å². The van der Waals surface area contributed by atoms with Crippen LogP contribution >= 0.6 is 0 Å². The number of esters is 2. The van der Waals surface area contributed by atoms with Crippen molar-refractivity contribution in [1.82, 2.24) is 29.7 Å². The fourth-order valence-electron chi connectivity index (χ4n) is 9.40. The first kappa shape index (κ1) is 63.8. The van der Waals surface area contributed by atoms with Crippen LogP contribution in [-0.4, -0.2) is 165 Å². The summed E-state index contributed by atoms with van der Waals surface area (Å²) in [6.45, 7) is 11.8. The molecule has 0 amide bonds. The second-order valence-corrected chi connectivity index (χ2v) is 21.2. The van der Waals surface area contributed by atoms with Crippen LogP contribution in [0, 0.1) is 25.5 Å². The number of ether oxygens (including phenoxy) is 4. The van der Waals surface area contributed by atoms with E-state index in [0.29, 0.717) is 25.8 Å². The molecular weight excluding hydrogens is 1060 g/mol. The van der Waals surface area contributed by atoms with Gasteiger partial charge in [0.1, 0.15) is 13.1 Å². The second-order valence-electron chi connectivity index (χ2n) is 19.3. The summed E-state index contributed by atoms with van der Waals surface area (Å²) in [4.78, 5) is 70.8. The monoisotopic (exact) mass is 1130 g/mol. The molecule has 0 saturated carbocycles. The molecule has 2 aromatic carbocycles. The van der Waals surface area contributed by atoms with E-state index in [0.717, 1.165) is 106 Å². The molecule has 2 atom stereocenters. The number of rotatable bonds is 23. The number of carbonyl (C=O) groups excluding carboxylic acids is 2. The van der Waals surface area contributed by atoms with E-state index in [2.05, 4.69) is 54.8 Å². The van der Waals surface area contributed by atoms with Gasteiger partial charge in [-0.15, -0.1) is 0 Å². The molecule has 4 fully saturated rings. The Morgan fingerprint density at radius 1 is 0.725 bits per heavy atom. The molecule has 6 heterocycles. The molecule has 29 heteroatoms. The van der Waals surface area contributed by atoms with E-state index in [1.54, 1.807) is 13.8 Å². The van der Waals surface area contributed by atoms with Crippen molar-refractivity contribution in [2.45, 2.75) is 109 Å². The molecule has 2 unspecified atom stereocenters. The zero-order valence-corrected chi connectivity index (χ0v) is 46.6. The molecule has 4 aliphatic rings. The van der Waals surface area contributed by atoms with Crippen LogP contribution in [0.15, 0.2) is 53.7 Å². The number of nitro groups is 2. The number of anilines is 5. The van der Waals surface area contributed by atoms with Crippen molar-refractivity contribution in [3.63, 3.8) is 0 Å². The molecular formula is C51H75BN15O12S. The Kier molecular flexibility index (Phi) is 25.7. The van der Waals surface area contributed by atoms with Gasteiger partial charge in [0.25, 0.3) is 5.16 Å². The summed E-state index contributed by atoms with van der Waals surface area (Å²) in [5.41, 5.74) is 19.8. The van der Waals surface area contributed by atoms with Gasteiger partial charge in [0, 0.05) is 58.7 Å². The van der Waals surface area contributed by atoms with Crippen molar-refractivity contribution in [3.05, 3.63) is 91.0 Å². The van der Waals surface area contributed by atoms with Crippen molar-refractivity contribution in [2.75, 3.05) is 112 Å². The van der Waals surface area contributed by atoms with Gasteiger partial charge in [-0.25, -0.2) is 8.42 Å². The Labute approximate surface area is 467 Å². The number of nitrogens with one attached hydrogen (secondary N) is 2.